The third kappa shape index (κ3) is 5.82. The first kappa shape index (κ1) is 20.9. The van der Waals surface area contributed by atoms with E-state index in [-0.39, 0.29) is 12.5 Å². The van der Waals surface area contributed by atoms with Crippen LogP contribution in [0.2, 0.25) is 0 Å². The number of thiazole rings is 1. The third-order valence-corrected chi connectivity index (χ3v) is 5.73. The summed E-state index contributed by atoms with van der Waals surface area (Å²) >= 11 is 3.14. The number of nitrogens with one attached hydrogen (secondary N) is 3. The lowest BCUT2D eigenvalue weighted by atomic mass is 10.2. The number of rotatable bonds is 9. The molecule has 0 saturated heterocycles. The second-order valence-electron chi connectivity index (χ2n) is 6.40. The Labute approximate surface area is 178 Å². The average molecular weight is 427 g/mol. The van der Waals surface area contributed by atoms with Gasteiger partial charge in [-0.1, -0.05) is 24.2 Å². The SMILES string of the molecule is C#CCNC(=O)c1ccc2nc(NC[C@@H](C)CNc3ncc(SC)cn3)sc2c1. The summed E-state index contributed by atoms with van der Waals surface area (Å²) in [6.45, 7) is 3.85. The minimum atomic E-state index is -0.180. The zero-order valence-electron chi connectivity index (χ0n) is 16.2. The maximum absolute atomic E-state index is 12.0. The molecule has 1 atom stereocenters. The van der Waals surface area contributed by atoms with E-state index in [9.17, 15) is 4.79 Å². The highest BCUT2D eigenvalue weighted by atomic mass is 32.2. The van der Waals surface area contributed by atoms with Crippen molar-refractivity contribution in [3.8, 4) is 12.3 Å². The van der Waals surface area contributed by atoms with E-state index < -0.39 is 0 Å². The summed E-state index contributed by atoms with van der Waals surface area (Å²) in [5.74, 6) is 3.19. The largest absolute Gasteiger partial charge is 0.361 e. The standard InChI is InChI=1S/C20H22N6OS2/c1-4-7-21-18(27)14-5-6-16-17(8-14)29-20(26-16)25-10-13(2)9-22-19-23-11-15(28-3)12-24-19/h1,5-6,8,11-13H,7,9-10H2,2-3H3,(H,21,27)(H,25,26)(H,22,23,24)/t13-/m0/s1. The van der Waals surface area contributed by atoms with Crippen LogP contribution < -0.4 is 16.0 Å². The summed E-state index contributed by atoms with van der Waals surface area (Å²) < 4.78 is 0.953. The number of thioether (sulfide) groups is 1. The van der Waals surface area contributed by atoms with E-state index in [1.165, 1.54) is 11.3 Å². The van der Waals surface area contributed by atoms with Crippen LogP contribution in [-0.2, 0) is 0 Å². The lowest BCUT2D eigenvalue weighted by Gasteiger charge is -2.13. The molecular weight excluding hydrogens is 404 g/mol. The summed E-state index contributed by atoms with van der Waals surface area (Å²) in [6.07, 6.45) is 10.8. The van der Waals surface area contributed by atoms with Crippen LogP contribution in [0, 0.1) is 18.3 Å². The van der Waals surface area contributed by atoms with Gasteiger partial charge in [-0.05, 0) is 30.4 Å². The number of aromatic nitrogens is 3. The van der Waals surface area contributed by atoms with Gasteiger partial charge < -0.3 is 16.0 Å². The predicted octanol–water partition coefficient (Wildman–Crippen LogP) is 3.33. The Bertz CT molecular complexity index is 1010. The highest BCUT2D eigenvalue weighted by Crippen LogP contribution is 2.27. The molecule has 3 N–H and O–H groups in total. The van der Waals surface area contributed by atoms with Crippen LogP contribution >= 0.6 is 23.1 Å². The van der Waals surface area contributed by atoms with Crippen molar-refractivity contribution in [1.82, 2.24) is 20.3 Å². The molecular formula is C20H22N6OS2. The summed E-state index contributed by atoms with van der Waals surface area (Å²) in [7, 11) is 0. The maximum atomic E-state index is 12.0. The van der Waals surface area contributed by atoms with Gasteiger partial charge in [0.25, 0.3) is 5.91 Å². The normalized spacial score (nSPS) is 11.6. The van der Waals surface area contributed by atoms with E-state index in [0.29, 0.717) is 17.4 Å². The zero-order chi connectivity index (χ0) is 20.6. The van der Waals surface area contributed by atoms with Gasteiger partial charge in [-0.3, -0.25) is 4.79 Å². The van der Waals surface area contributed by atoms with Crippen molar-refractivity contribution in [3.63, 3.8) is 0 Å². The summed E-state index contributed by atoms with van der Waals surface area (Å²) in [5, 5.41) is 10.1. The quantitative estimate of drug-likeness (QED) is 0.357. The lowest BCUT2D eigenvalue weighted by molar-refractivity contribution is 0.0959. The number of benzene rings is 1. The molecule has 1 amide bonds. The molecule has 0 saturated carbocycles. The van der Waals surface area contributed by atoms with Crippen molar-refractivity contribution in [2.45, 2.75) is 11.8 Å². The molecule has 3 aromatic rings. The van der Waals surface area contributed by atoms with E-state index in [1.54, 1.807) is 17.8 Å². The van der Waals surface area contributed by atoms with Crippen LogP contribution in [0.4, 0.5) is 11.1 Å². The predicted molar refractivity (Wildman–Crippen MR) is 121 cm³/mol. The lowest BCUT2D eigenvalue weighted by Crippen LogP contribution is -2.23. The number of anilines is 2. The van der Waals surface area contributed by atoms with Gasteiger partial charge in [0.15, 0.2) is 5.13 Å². The molecule has 0 spiro atoms. The average Bonchev–Trinajstić information content (AvgIpc) is 3.17. The fourth-order valence-electron chi connectivity index (χ4n) is 2.49. The van der Waals surface area contributed by atoms with Crippen LogP contribution in [-0.4, -0.2) is 46.7 Å². The number of fused-ring (bicyclic) bond motifs is 1. The third-order valence-electron chi connectivity index (χ3n) is 4.08. The van der Waals surface area contributed by atoms with Gasteiger partial charge in [-0.2, -0.15) is 0 Å². The molecule has 0 radical (unpaired) electrons. The Morgan fingerprint density at radius 3 is 2.76 bits per heavy atom. The molecule has 150 valence electrons. The molecule has 2 heterocycles. The molecule has 0 aliphatic rings. The zero-order valence-corrected chi connectivity index (χ0v) is 17.9. The maximum Gasteiger partial charge on any atom is 0.252 e. The van der Waals surface area contributed by atoms with Gasteiger partial charge in [0.1, 0.15) is 0 Å². The van der Waals surface area contributed by atoms with E-state index in [4.69, 9.17) is 6.42 Å². The fraction of sp³-hybridized carbons (Fsp3) is 0.300. The van der Waals surface area contributed by atoms with E-state index in [0.717, 1.165) is 33.3 Å². The molecule has 2 aromatic heterocycles. The van der Waals surface area contributed by atoms with Gasteiger partial charge >= 0.3 is 0 Å². The van der Waals surface area contributed by atoms with Crippen LogP contribution in [0.25, 0.3) is 10.2 Å². The van der Waals surface area contributed by atoms with Crippen LogP contribution in [0.15, 0.2) is 35.5 Å². The number of hydrogen-bond acceptors (Lipinski definition) is 8. The summed E-state index contributed by atoms with van der Waals surface area (Å²) in [6, 6.07) is 5.44. The first-order valence-corrected chi connectivity index (χ1v) is 11.1. The number of amides is 1. The molecule has 0 fully saturated rings. The smallest absolute Gasteiger partial charge is 0.252 e. The topological polar surface area (TPSA) is 91.8 Å². The molecule has 9 heteroatoms. The van der Waals surface area contributed by atoms with Crippen LogP contribution in [0.1, 0.15) is 17.3 Å². The molecule has 0 bridgehead atoms. The second-order valence-corrected chi connectivity index (χ2v) is 8.31. The summed E-state index contributed by atoms with van der Waals surface area (Å²) in [5.41, 5.74) is 1.44. The number of terminal acetylenes is 1. The van der Waals surface area contributed by atoms with E-state index >= 15 is 0 Å². The van der Waals surface area contributed by atoms with E-state index in [1.807, 2.05) is 30.8 Å². The second kappa shape index (κ2) is 10.1. The van der Waals surface area contributed by atoms with Crippen molar-refractivity contribution in [2.24, 2.45) is 5.92 Å². The number of carbonyl (C=O) groups excluding carboxylic acids is 1. The highest BCUT2D eigenvalue weighted by molar-refractivity contribution is 7.98. The molecule has 0 aliphatic carbocycles. The van der Waals surface area contributed by atoms with Gasteiger partial charge in [-0.25, -0.2) is 15.0 Å². The highest BCUT2D eigenvalue weighted by Gasteiger charge is 2.10. The van der Waals surface area contributed by atoms with E-state index in [2.05, 4.69) is 43.7 Å². The molecule has 0 aliphatic heterocycles. The monoisotopic (exact) mass is 426 g/mol. The Balaban J connectivity index is 1.52. The van der Waals surface area contributed by atoms with Gasteiger partial charge in [0.2, 0.25) is 5.95 Å². The Morgan fingerprint density at radius 2 is 2.03 bits per heavy atom. The molecule has 0 unspecified atom stereocenters. The van der Waals surface area contributed by atoms with Crippen LogP contribution in [0.5, 0.6) is 0 Å². The van der Waals surface area contributed by atoms with Crippen molar-refractivity contribution in [3.05, 3.63) is 36.2 Å². The summed E-state index contributed by atoms with van der Waals surface area (Å²) in [4.78, 5) is 26.2. The van der Waals surface area contributed by atoms with Crippen molar-refractivity contribution in [1.29, 1.82) is 0 Å². The molecule has 29 heavy (non-hydrogen) atoms. The van der Waals surface area contributed by atoms with Crippen LogP contribution in [0.3, 0.4) is 0 Å². The Kier molecular flexibility index (Phi) is 7.27. The van der Waals surface area contributed by atoms with Gasteiger partial charge in [0.05, 0.1) is 16.8 Å². The number of nitrogens with zero attached hydrogens (tertiary/aromatic N) is 3. The Morgan fingerprint density at radius 1 is 1.28 bits per heavy atom. The Hall–Kier alpha value is -2.83. The minimum Gasteiger partial charge on any atom is -0.361 e. The first-order valence-electron chi connectivity index (χ1n) is 9.05. The molecule has 7 nitrogen and oxygen atoms in total. The van der Waals surface area contributed by atoms with Gasteiger partial charge in [-0.15, -0.1) is 18.2 Å². The van der Waals surface area contributed by atoms with Crippen molar-refractivity contribution in [2.75, 3.05) is 36.5 Å². The first-order chi connectivity index (χ1) is 14.1. The van der Waals surface area contributed by atoms with Crippen molar-refractivity contribution >= 4 is 50.3 Å². The molecule has 3 rings (SSSR count). The molecule has 1 aromatic carbocycles. The fourth-order valence-corrected chi connectivity index (χ4v) is 3.72. The minimum absolute atomic E-state index is 0.180. The van der Waals surface area contributed by atoms with Crippen molar-refractivity contribution < 1.29 is 4.79 Å². The van der Waals surface area contributed by atoms with Gasteiger partial charge in [0, 0.05) is 35.9 Å². The number of carbonyl (C=O) groups is 1. The number of hydrogen-bond donors (Lipinski definition) is 3.